The van der Waals surface area contributed by atoms with Crippen LogP contribution in [0.1, 0.15) is 51.7 Å². The second kappa shape index (κ2) is 7.57. The molecule has 142 valence electrons. The van der Waals surface area contributed by atoms with Gasteiger partial charge in [-0.05, 0) is 56.0 Å². The van der Waals surface area contributed by atoms with Crippen LogP contribution in [0.25, 0.3) is 11.3 Å². The largest absolute Gasteiger partial charge is 0.439 e. The fourth-order valence-electron chi connectivity index (χ4n) is 2.97. The second-order valence-electron chi connectivity index (χ2n) is 7.81. The summed E-state index contributed by atoms with van der Waals surface area (Å²) in [5, 5.41) is 4.71. The van der Waals surface area contributed by atoms with E-state index < -0.39 is 0 Å². The first-order chi connectivity index (χ1) is 12.8. The molecule has 4 heteroatoms. The third-order valence-corrected chi connectivity index (χ3v) is 4.71. The normalized spacial score (nSPS) is 11.8. The summed E-state index contributed by atoms with van der Waals surface area (Å²) in [5.41, 5.74) is 10.2. The van der Waals surface area contributed by atoms with Crippen LogP contribution >= 0.6 is 0 Å². The van der Waals surface area contributed by atoms with Crippen molar-refractivity contribution in [1.29, 1.82) is 0 Å². The number of ether oxygens (including phenoxy) is 1. The van der Waals surface area contributed by atoms with Gasteiger partial charge in [-0.2, -0.15) is 5.10 Å². The van der Waals surface area contributed by atoms with Gasteiger partial charge in [0.1, 0.15) is 5.75 Å². The SMILES string of the molecule is CCn1nc(-c2cccc(C(C)(C)N)c2)cc1Oc1ccc(C(C)C)cc1. The van der Waals surface area contributed by atoms with Crippen molar-refractivity contribution >= 4 is 0 Å². The summed E-state index contributed by atoms with van der Waals surface area (Å²) < 4.78 is 7.99. The molecule has 1 aromatic heterocycles. The first-order valence-electron chi connectivity index (χ1n) is 9.53. The van der Waals surface area contributed by atoms with E-state index in [9.17, 15) is 0 Å². The van der Waals surface area contributed by atoms with Crippen molar-refractivity contribution in [2.45, 2.75) is 52.6 Å². The number of nitrogens with zero attached hydrogens (tertiary/aromatic N) is 2. The Bertz CT molecular complexity index is 902. The molecular weight excluding hydrogens is 334 g/mol. The number of hydrogen-bond donors (Lipinski definition) is 1. The van der Waals surface area contributed by atoms with Crippen molar-refractivity contribution in [3.05, 3.63) is 65.7 Å². The maximum Gasteiger partial charge on any atom is 0.218 e. The monoisotopic (exact) mass is 363 g/mol. The van der Waals surface area contributed by atoms with E-state index >= 15 is 0 Å². The molecule has 0 aliphatic rings. The zero-order valence-corrected chi connectivity index (χ0v) is 16.9. The Balaban J connectivity index is 1.90. The molecule has 0 amide bonds. The Morgan fingerprint density at radius 3 is 2.37 bits per heavy atom. The highest BCUT2D eigenvalue weighted by Gasteiger charge is 2.16. The van der Waals surface area contributed by atoms with Crippen molar-refractivity contribution in [3.63, 3.8) is 0 Å². The molecule has 0 aliphatic carbocycles. The number of rotatable bonds is 6. The van der Waals surface area contributed by atoms with Crippen LogP contribution < -0.4 is 10.5 Å². The van der Waals surface area contributed by atoms with Gasteiger partial charge >= 0.3 is 0 Å². The van der Waals surface area contributed by atoms with Crippen LogP contribution in [-0.4, -0.2) is 9.78 Å². The lowest BCUT2D eigenvalue weighted by Gasteiger charge is -2.19. The van der Waals surface area contributed by atoms with Gasteiger partial charge in [0, 0.05) is 23.7 Å². The average molecular weight is 364 g/mol. The molecule has 0 saturated carbocycles. The minimum absolute atomic E-state index is 0.388. The molecule has 0 bridgehead atoms. The fourth-order valence-corrected chi connectivity index (χ4v) is 2.97. The Labute approximate surface area is 162 Å². The molecule has 1 heterocycles. The Morgan fingerprint density at radius 2 is 1.78 bits per heavy atom. The minimum atomic E-state index is -0.388. The summed E-state index contributed by atoms with van der Waals surface area (Å²) in [7, 11) is 0. The molecule has 0 atom stereocenters. The Hall–Kier alpha value is -2.59. The molecule has 0 radical (unpaired) electrons. The molecule has 2 N–H and O–H groups in total. The second-order valence-corrected chi connectivity index (χ2v) is 7.81. The van der Waals surface area contributed by atoms with E-state index in [1.54, 1.807) is 0 Å². The van der Waals surface area contributed by atoms with Gasteiger partial charge in [0.25, 0.3) is 0 Å². The molecular formula is C23H29N3O. The lowest BCUT2D eigenvalue weighted by molar-refractivity contribution is 0.417. The molecule has 3 rings (SSSR count). The van der Waals surface area contributed by atoms with Gasteiger partial charge in [0.2, 0.25) is 5.88 Å². The highest BCUT2D eigenvalue weighted by Crippen LogP contribution is 2.30. The number of aromatic nitrogens is 2. The maximum absolute atomic E-state index is 6.25. The Morgan fingerprint density at radius 1 is 1.07 bits per heavy atom. The predicted octanol–water partition coefficient (Wildman–Crippen LogP) is 5.68. The van der Waals surface area contributed by atoms with E-state index in [1.165, 1.54) is 5.56 Å². The number of aryl methyl sites for hydroxylation is 1. The Kier molecular flexibility index (Phi) is 5.38. The van der Waals surface area contributed by atoms with Crippen molar-refractivity contribution < 1.29 is 4.74 Å². The summed E-state index contributed by atoms with van der Waals surface area (Å²) >= 11 is 0. The molecule has 0 spiro atoms. The van der Waals surface area contributed by atoms with Crippen molar-refractivity contribution in [2.24, 2.45) is 5.73 Å². The molecule has 0 unspecified atom stereocenters. The maximum atomic E-state index is 6.25. The van der Waals surface area contributed by atoms with E-state index in [4.69, 9.17) is 15.6 Å². The van der Waals surface area contributed by atoms with Crippen LogP contribution in [0.5, 0.6) is 11.6 Å². The first kappa shape index (κ1) is 19.2. The molecule has 0 aliphatic heterocycles. The van der Waals surface area contributed by atoms with Crippen LogP contribution in [-0.2, 0) is 12.1 Å². The van der Waals surface area contributed by atoms with Gasteiger partial charge in [0.05, 0.1) is 5.69 Å². The van der Waals surface area contributed by atoms with Crippen molar-refractivity contribution in [1.82, 2.24) is 9.78 Å². The van der Waals surface area contributed by atoms with Gasteiger partial charge in [0.15, 0.2) is 0 Å². The standard InChI is InChI=1S/C23H29N3O/c1-6-26-22(27-20-12-10-17(11-13-20)16(2)3)15-21(25-26)18-8-7-9-19(14-18)23(4,5)24/h7-16H,6,24H2,1-5H3. The highest BCUT2D eigenvalue weighted by atomic mass is 16.5. The zero-order chi connectivity index (χ0) is 19.6. The van der Waals surface area contributed by atoms with E-state index in [2.05, 4.69) is 45.0 Å². The number of benzene rings is 2. The molecule has 4 nitrogen and oxygen atoms in total. The summed E-state index contributed by atoms with van der Waals surface area (Å²) in [5.74, 6) is 2.06. The average Bonchev–Trinajstić information content (AvgIpc) is 3.04. The topological polar surface area (TPSA) is 53.1 Å². The van der Waals surface area contributed by atoms with E-state index in [0.29, 0.717) is 5.92 Å². The summed E-state index contributed by atoms with van der Waals surface area (Å²) in [6.07, 6.45) is 0. The highest BCUT2D eigenvalue weighted by molar-refractivity contribution is 5.62. The van der Waals surface area contributed by atoms with Gasteiger partial charge in [-0.15, -0.1) is 0 Å². The third kappa shape index (κ3) is 4.40. The molecule has 0 saturated heterocycles. The van der Waals surface area contributed by atoms with Crippen LogP contribution in [0, 0.1) is 0 Å². The summed E-state index contributed by atoms with van der Waals surface area (Å²) in [6, 6.07) is 18.5. The van der Waals surface area contributed by atoms with Crippen LogP contribution in [0.15, 0.2) is 54.6 Å². The first-order valence-corrected chi connectivity index (χ1v) is 9.53. The lowest BCUT2D eigenvalue weighted by atomic mass is 9.93. The van der Waals surface area contributed by atoms with Gasteiger partial charge in [-0.1, -0.05) is 44.2 Å². The molecule has 3 aromatic rings. The van der Waals surface area contributed by atoms with E-state index in [0.717, 1.165) is 35.0 Å². The van der Waals surface area contributed by atoms with E-state index in [1.807, 2.05) is 48.9 Å². The predicted molar refractivity (Wildman–Crippen MR) is 111 cm³/mol. The lowest BCUT2D eigenvalue weighted by Crippen LogP contribution is -2.28. The minimum Gasteiger partial charge on any atom is -0.439 e. The van der Waals surface area contributed by atoms with Gasteiger partial charge in [-0.3, -0.25) is 0 Å². The molecule has 27 heavy (non-hydrogen) atoms. The fraction of sp³-hybridized carbons (Fsp3) is 0.348. The third-order valence-electron chi connectivity index (χ3n) is 4.71. The van der Waals surface area contributed by atoms with Crippen LogP contribution in [0.3, 0.4) is 0 Å². The number of hydrogen-bond acceptors (Lipinski definition) is 3. The number of nitrogens with two attached hydrogens (primary N) is 1. The van der Waals surface area contributed by atoms with Gasteiger partial charge in [-0.25, -0.2) is 4.68 Å². The smallest absolute Gasteiger partial charge is 0.218 e. The van der Waals surface area contributed by atoms with Crippen molar-refractivity contribution in [3.8, 4) is 22.9 Å². The molecule has 0 fully saturated rings. The summed E-state index contributed by atoms with van der Waals surface area (Å²) in [6.45, 7) is 11.2. The van der Waals surface area contributed by atoms with Crippen LogP contribution in [0.2, 0.25) is 0 Å². The van der Waals surface area contributed by atoms with Crippen LogP contribution in [0.4, 0.5) is 0 Å². The summed E-state index contributed by atoms with van der Waals surface area (Å²) in [4.78, 5) is 0. The van der Waals surface area contributed by atoms with Crippen molar-refractivity contribution in [2.75, 3.05) is 0 Å². The molecule has 2 aromatic carbocycles. The quantitative estimate of drug-likeness (QED) is 0.613. The van der Waals surface area contributed by atoms with E-state index in [-0.39, 0.29) is 5.54 Å². The zero-order valence-electron chi connectivity index (χ0n) is 16.9. The van der Waals surface area contributed by atoms with Gasteiger partial charge < -0.3 is 10.5 Å².